The number of urea groups is 1. The van der Waals surface area contributed by atoms with Gasteiger partial charge in [-0.2, -0.15) is 0 Å². The summed E-state index contributed by atoms with van der Waals surface area (Å²) < 4.78 is 55.3. The van der Waals surface area contributed by atoms with E-state index < -0.39 is 35.9 Å². The second-order valence-electron chi connectivity index (χ2n) is 6.90. The van der Waals surface area contributed by atoms with Crippen LogP contribution in [0.4, 0.5) is 28.0 Å². The van der Waals surface area contributed by atoms with E-state index in [9.17, 15) is 27.2 Å². The monoisotopic (exact) mass is 433 g/mol. The average molecular weight is 433 g/mol. The maximum atomic E-state index is 14.5. The minimum atomic E-state index is -4.86. The number of rotatable bonds is 4. The van der Waals surface area contributed by atoms with Crippen molar-refractivity contribution < 1.29 is 31.9 Å². The Morgan fingerprint density at radius 2 is 1.74 bits per heavy atom. The van der Waals surface area contributed by atoms with Gasteiger partial charge in [-0.1, -0.05) is 18.2 Å². The predicted molar refractivity (Wildman–Crippen MR) is 103 cm³/mol. The molecule has 160 valence electrons. The van der Waals surface area contributed by atoms with Crippen molar-refractivity contribution in [3.63, 3.8) is 0 Å². The molecule has 0 aliphatic carbocycles. The number of hydrogen-bond donors (Lipinski definition) is 0. The highest BCUT2D eigenvalue weighted by molar-refractivity contribution is 6.21. The summed E-state index contributed by atoms with van der Waals surface area (Å²) in [6.07, 6.45) is -3.80. The van der Waals surface area contributed by atoms with Crippen molar-refractivity contribution in [3.8, 4) is 5.75 Å². The molecule has 0 bridgehead atoms. The van der Waals surface area contributed by atoms with Crippen molar-refractivity contribution >= 4 is 28.5 Å². The zero-order valence-electron chi connectivity index (χ0n) is 16.1. The van der Waals surface area contributed by atoms with Gasteiger partial charge in [-0.15, -0.1) is 13.2 Å². The molecular weight excluding hydrogens is 418 g/mol. The number of carbonyl (C=O) groups excluding carboxylic acids is 2. The van der Waals surface area contributed by atoms with E-state index in [2.05, 4.69) is 9.72 Å². The number of amides is 3. The Bertz CT molecular complexity index is 1160. The van der Waals surface area contributed by atoms with Crippen LogP contribution in [-0.4, -0.2) is 34.2 Å². The first-order valence-corrected chi connectivity index (χ1v) is 9.18. The second kappa shape index (κ2) is 7.53. The normalized spacial score (nSPS) is 17.0. The van der Waals surface area contributed by atoms with Crippen LogP contribution in [-0.2, 0) is 11.3 Å². The molecule has 3 amide bonds. The third-order valence-corrected chi connectivity index (χ3v) is 4.97. The summed E-state index contributed by atoms with van der Waals surface area (Å²) in [6, 6.07) is 9.60. The van der Waals surface area contributed by atoms with Crippen LogP contribution in [0.25, 0.3) is 10.9 Å². The number of carbonyl (C=O) groups is 2. The molecule has 1 saturated heterocycles. The third-order valence-electron chi connectivity index (χ3n) is 4.97. The van der Waals surface area contributed by atoms with E-state index in [1.54, 1.807) is 24.3 Å². The van der Waals surface area contributed by atoms with Crippen LogP contribution >= 0.6 is 0 Å². The van der Waals surface area contributed by atoms with Crippen molar-refractivity contribution in [2.24, 2.45) is 0 Å². The van der Waals surface area contributed by atoms with Gasteiger partial charge in [-0.3, -0.25) is 9.78 Å². The highest BCUT2D eigenvalue weighted by atomic mass is 19.4. The topological polar surface area (TPSA) is 62.7 Å². The van der Waals surface area contributed by atoms with E-state index in [4.69, 9.17) is 0 Å². The first kappa shape index (κ1) is 20.6. The summed E-state index contributed by atoms with van der Waals surface area (Å²) >= 11 is 0. The lowest BCUT2D eigenvalue weighted by molar-refractivity contribution is -0.274. The second-order valence-corrected chi connectivity index (χ2v) is 6.90. The minimum Gasteiger partial charge on any atom is -0.406 e. The number of imide groups is 1. The van der Waals surface area contributed by atoms with E-state index in [1.807, 2.05) is 0 Å². The first-order valence-electron chi connectivity index (χ1n) is 9.18. The molecule has 4 rings (SSSR count). The fraction of sp³-hybridized carbons (Fsp3) is 0.190. The number of benzene rings is 2. The van der Waals surface area contributed by atoms with Crippen molar-refractivity contribution in [3.05, 3.63) is 66.1 Å². The molecule has 1 fully saturated rings. The molecule has 2 aromatic carbocycles. The van der Waals surface area contributed by atoms with Gasteiger partial charge in [-0.25, -0.2) is 14.1 Å². The van der Waals surface area contributed by atoms with E-state index in [0.29, 0.717) is 10.9 Å². The lowest BCUT2D eigenvalue weighted by Gasteiger charge is -2.20. The lowest BCUT2D eigenvalue weighted by atomic mass is 10.1. The summed E-state index contributed by atoms with van der Waals surface area (Å²) in [5.74, 6) is -1.67. The molecule has 2 heterocycles. The van der Waals surface area contributed by atoms with Crippen LogP contribution in [0.5, 0.6) is 5.75 Å². The number of para-hydroxylation sites is 1. The number of nitrogens with zero attached hydrogens (tertiary/aromatic N) is 3. The van der Waals surface area contributed by atoms with Crippen molar-refractivity contribution in [2.75, 3.05) is 4.90 Å². The number of alkyl halides is 3. The molecule has 0 saturated carbocycles. The quantitative estimate of drug-likeness (QED) is 0.445. The molecule has 1 aliphatic heterocycles. The number of ether oxygens (including phenoxy) is 1. The van der Waals surface area contributed by atoms with Gasteiger partial charge >= 0.3 is 12.4 Å². The van der Waals surface area contributed by atoms with Crippen LogP contribution in [0, 0.1) is 5.82 Å². The number of aromatic nitrogens is 1. The fourth-order valence-electron chi connectivity index (χ4n) is 3.45. The Morgan fingerprint density at radius 3 is 2.42 bits per heavy atom. The number of pyridine rings is 1. The van der Waals surface area contributed by atoms with Gasteiger partial charge in [0.25, 0.3) is 5.91 Å². The van der Waals surface area contributed by atoms with E-state index in [-0.39, 0.29) is 17.8 Å². The average Bonchev–Trinajstić information content (AvgIpc) is 2.93. The van der Waals surface area contributed by atoms with Gasteiger partial charge < -0.3 is 9.64 Å². The molecule has 31 heavy (non-hydrogen) atoms. The molecule has 1 aromatic heterocycles. The molecule has 3 aromatic rings. The molecule has 0 N–H and O–H groups in total. The highest BCUT2D eigenvalue weighted by Gasteiger charge is 2.43. The SMILES string of the molecule is CC1C(=O)N(c2ccc(OC(F)(F)F)cc2)C(=O)N1Cc1c(F)cnc2ccccc12. The summed E-state index contributed by atoms with van der Waals surface area (Å²) in [4.78, 5) is 31.8. The smallest absolute Gasteiger partial charge is 0.406 e. The number of fused-ring (bicyclic) bond motifs is 1. The van der Waals surface area contributed by atoms with E-state index >= 15 is 0 Å². The molecule has 0 spiro atoms. The molecule has 10 heteroatoms. The van der Waals surface area contributed by atoms with Crippen LogP contribution in [0.15, 0.2) is 54.7 Å². The van der Waals surface area contributed by atoms with Gasteiger partial charge in [-0.05, 0) is 37.3 Å². The number of hydrogen-bond acceptors (Lipinski definition) is 4. The number of halogens is 4. The Hall–Kier alpha value is -3.69. The van der Waals surface area contributed by atoms with Gasteiger partial charge in [0, 0.05) is 10.9 Å². The van der Waals surface area contributed by atoms with Gasteiger partial charge in [0.05, 0.1) is 23.9 Å². The third kappa shape index (κ3) is 3.88. The van der Waals surface area contributed by atoms with E-state index in [0.717, 1.165) is 23.2 Å². The fourth-order valence-corrected chi connectivity index (χ4v) is 3.45. The minimum absolute atomic E-state index is 0.0823. The van der Waals surface area contributed by atoms with Crippen molar-refractivity contribution in [2.45, 2.75) is 25.9 Å². The summed E-state index contributed by atoms with van der Waals surface area (Å²) in [5.41, 5.74) is 0.843. The Kier molecular flexibility index (Phi) is 5.00. The zero-order valence-corrected chi connectivity index (χ0v) is 16.1. The molecular formula is C21H15F4N3O3. The first-order chi connectivity index (χ1) is 14.7. The predicted octanol–water partition coefficient (Wildman–Crippen LogP) is 4.63. The largest absolute Gasteiger partial charge is 0.573 e. The highest BCUT2D eigenvalue weighted by Crippen LogP contribution is 2.31. The number of anilines is 1. The molecule has 1 unspecified atom stereocenters. The summed E-state index contributed by atoms with van der Waals surface area (Å²) in [7, 11) is 0. The van der Waals surface area contributed by atoms with Crippen molar-refractivity contribution in [1.29, 1.82) is 0 Å². The Labute approximate surface area is 173 Å². The van der Waals surface area contributed by atoms with Crippen LogP contribution in [0.2, 0.25) is 0 Å². The standard InChI is InChI=1S/C21H15F4N3O3/c1-12-19(29)28(13-6-8-14(9-7-13)31-21(23,24)25)20(30)27(12)11-16-15-4-2-3-5-18(15)26-10-17(16)22/h2-10,12H,11H2,1H3. The van der Waals surface area contributed by atoms with E-state index in [1.165, 1.54) is 24.0 Å². The van der Waals surface area contributed by atoms with Crippen molar-refractivity contribution in [1.82, 2.24) is 9.88 Å². The molecule has 1 aliphatic rings. The van der Waals surface area contributed by atoms with Crippen LogP contribution in [0.1, 0.15) is 12.5 Å². The lowest BCUT2D eigenvalue weighted by Crippen LogP contribution is -2.33. The Morgan fingerprint density at radius 1 is 1.06 bits per heavy atom. The van der Waals surface area contributed by atoms with Gasteiger partial charge in [0.1, 0.15) is 17.6 Å². The maximum absolute atomic E-state index is 14.5. The summed E-state index contributed by atoms with van der Waals surface area (Å²) in [6.45, 7) is 1.33. The summed E-state index contributed by atoms with van der Waals surface area (Å²) in [5, 5.41) is 0.516. The van der Waals surface area contributed by atoms with Crippen LogP contribution < -0.4 is 9.64 Å². The van der Waals surface area contributed by atoms with Gasteiger partial charge in [0.15, 0.2) is 0 Å². The van der Waals surface area contributed by atoms with Crippen LogP contribution in [0.3, 0.4) is 0 Å². The molecule has 1 atom stereocenters. The Balaban J connectivity index is 1.62. The maximum Gasteiger partial charge on any atom is 0.573 e. The van der Waals surface area contributed by atoms with Gasteiger partial charge in [0.2, 0.25) is 0 Å². The zero-order chi connectivity index (χ0) is 22.3. The molecule has 6 nitrogen and oxygen atoms in total. The molecule has 0 radical (unpaired) electrons.